The summed E-state index contributed by atoms with van der Waals surface area (Å²) in [5.74, 6) is 1.08. The summed E-state index contributed by atoms with van der Waals surface area (Å²) in [5.41, 5.74) is 0. The molecule has 2 fully saturated rings. The molecule has 2 rings (SSSR count). The van der Waals surface area contributed by atoms with Crippen LogP contribution in [-0.2, 0) is 4.79 Å². The van der Waals surface area contributed by atoms with Crippen molar-refractivity contribution in [1.82, 2.24) is 15.1 Å². The van der Waals surface area contributed by atoms with Crippen molar-refractivity contribution >= 4 is 5.91 Å². The Hall–Kier alpha value is -0.610. The van der Waals surface area contributed by atoms with E-state index in [1.807, 2.05) is 4.90 Å². The minimum Gasteiger partial charge on any atom is -0.341 e. The molecule has 116 valence electrons. The highest BCUT2D eigenvalue weighted by atomic mass is 16.2. The summed E-state index contributed by atoms with van der Waals surface area (Å²) in [6.45, 7) is 12.2. The highest BCUT2D eigenvalue weighted by Crippen LogP contribution is 2.20. The maximum atomic E-state index is 11.7. The number of hydrogen-bond donors (Lipinski definition) is 1. The average molecular weight is 281 g/mol. The fourth-order valence-corrected chi connectivity index (χ4v) is 3.65. The number of amides is 1. The molecule has 0 radical (unpaired) electrons. The zero-order valence-corrected chi connectivity index (χ0v) is 13.4. The van der Waals surface area contributed by atoms with E-state index in [2.05, 4.69) is 31.0 Å². The van der Waals surface area contributed by atoms with Crippen LogP contribution in [0.2, 0.25) is 0 Å². The second kappa shape index (κ2) is 7.41. The third kappa shape index (κ3) is 4.19. The molecular weight excluding hydrogens is 250 g/mol. The van der Waals surface area contributed by atoms with Crippen LogP contribution in [-0.4, -0.2) is 60.5 Å². The molecule has 2 heterocycles. The first-order valence-electron chi connectivity index (χ1n) is 8.36. The first-order chi connectivity index (χ1) is 9.60. The van der Waals surface area contributed by atoms with Crippen LogP contribution in [0, 0.1) is 5.92 Å². The lowest BCUT2D eigenvalue weighted by Crippen LogP contribution is -2.49. The summed E-state index contributed by atoms with van der Waals surface area (Å²) in [4.78, 5) is 16.2. The van der Waals surface area contributed by atoms with E-state index in [0.717, 1.165) is 31.8 Å². The standard InChI is InChI=1S/C16H31N3O/c1-4-18-9-5-7-15(12-18)14(3)17-13(2)11-19-10-6-8-16(19)20/h13-15,17H,4-12H2,1-3H3. The molecule has 0 aromatic carbocycles. The zero-order valence-electron chi connectivity index (χ0n) is 13.4. The van der Waals surface area contributed by atoms with E-state index in [-0.39, 0.29) is 0 Å². The second-order valence-corrected chi connectivity index (χ2v) is 6.60. The molecular formula is C16H31N3O. The van der Waals surface area contributed by atoms with Crippen molar-refractivity contribution in [2.45, 2.75) is 58.5 Å². The van der Waals surface area contributed by atoms with Crippen molar-refractivity contribution in [3.05, 3.63) is 0 Å². The third-order valence-corrected chi connectivity index (χ3v) is 4.91. The minimum atomic E-state index is 0.334. The molecule has 0 aromatic rings. The first kappa shape index (κ1) is 15.8. The number of carbonyl (C=O) groups is 1. The van der Waals surface area contributed by atoms with Gasteiger partial charge in [0.1, 0.15) is 0 Å². The molecule has 1 N–H and O–H groups in total. The fourth-order valence-electron chi connectivity index (χ4n) is 3.65. The number of piperidine rings is 1. The van der Waals surface area contributed by atoms with Gasteiger partial charge in [-0.3, -0.25) is 4.79 Å². The summed E-state index contributed by atoms with van der Waals surface area (Å²) in [7, 11) is 0. The quantitative estimate of drug-likeness (QED) is 0.805. The molecule has 4 nitrogen and oxygen atoms in total. The van der Waals surface area contributed by atoms with E-state index >= 15 is 0 Å². The highest BCUT2D eigenvalue weighted by Gasteiger charge is 2.26. The Balaban J connectivity index is 1.75. The Kier molecular flexibility index (Phi) is 5.85. The lowest BCUT2D eigenvalue weighted by atomic mass is 9.91. The van der Waals surface area contributed by atoms with Gasteiger partial charge < -0.3 is 15.1 Å². The number of nitrogens with zero attached hydrogens (tertiary/aromatic N) is 2. The van der Waals surface area contributed by atoms with Gasteiger partial charge in [0, 0.05) is 38.1 Å². The van der Waals surface area contributed by atoms with Gasteiger partial charge in [-0.15, -0.1) is 0 Å². The predicted molar refractivity (Wildman–Crippen MR) is 82.7 cm³/mol. The number of rotatable bonds is 6. The van der Waals surface area contributed by atoms with E-state index < -0.39 is 0 Å². The van der Waals surface area contributed by atoms with E-state index in [9.17, 15) is 4.79 Å². The van der Waals surface area contributed by atoms with Crippen molar-refractivity contribution in [3.8, 4) is 0 Å². The SMILES string of the molecule is CCN1CCCC(C(C)NC(C)CN2CCCC2=O)C1. The maximum absolute atomic E-state index is 11.7. The van der Waals surface area contributed by atoms with Crippen molar-refractivity contribution in [1.29, 1.82) is 0 Å². The van der Waals surface area contributed by atoms with E-state index in [0.29, 0.717) is 18.0 Å². The van der Waals surface area contributed by atoms with Crippen molar-refractivity contribution in [2.24, 2.45) is 5.92 Å². The highest BCUT2D eigenvalue weighted by molar-refractivity contribution is 5.78. The second-order valence-electron chi connectivity index (χ2n) is 6.60. The zero-order chi connectivity index (χ0) is 14.5. The molecule has 0 aliphatic carbocycles. The lowest BCUT2D eigenvalue weighted by Gasteiger charge is -2.37. The topological polar surface area (TPSA) is 35.6 Å². The van der Waals surface area contributed by atoms with Crippen LogP contribution in [0.3, 0.4) is 0 Å². The van der Waals surface area contributed by atoms with Crippen LogP contribution in [0.1, 0.15) is 46.5 Å². The van der Waals surface area contributed by atoms with Crippen LogP contribution >= 0.6 is 0 Å². The normalized spacial score (nSPS) is 27.9. The smallest absolute Gasteiger partial charge is 0.222 e. The Labute approximate surface area is 123 Å². The minimum absolute atomic E-state index is 0.334. The first-order valence-corrected chi connectivity index (χ1v) is 8.36. The van der Waals surface area contributed by atoms with Gasteiger partial charge in [0.05, 0.1) is 0 Å². The van der Waals surface area contributed by atoms with Gasteiger partial charge in [-0.05, 0) is 52.1 Å². The Bertz CT molecular complexity index is 321. The fraction of sp³-hybridized carbons (Fsp3) is 0.938. The number of nitrogens with one attached hydrogen (secondary N) is 1. The van der Waals surface area contributed by atoms with Gasteiger partial charge in [0.15, 0.2) is 0 Å². The van der Waals surface area contributed by atoms with Crippen LogP contribution in [0.15, 0.2) is 0 Å². The summed E-state index contributed by atoms with van der Waals surface area (Å²) in [6.07, 6.45) is 4.44. The van der Waals surface area contributed by atoms with Crippen LogP contribution in [0.4, 0.5) is 0 Å². The van der Waals surface area contributed by atoms with E-state index in [1.54, 1.807) is 0 Å². The van der Waals surface area contributed by atoms with Crippen molar-refractivity contribution in [3.63, 3.8) is 0 Å². The van der Waals surface area contributed by atoms with E-state index in [1.165, 1.54) is 32.5 Å². The molecule has 2 aliphatic heterocycles. The lowest BCUT2D eigenvalue weighted by molar-refractivity contribution is -0.128. The Morgan fingerprint density at radius 1 is 1.30 bits per heavy atom. The van der Waals surface area contributed by atoms with Gasteiger partial charge in [-0.25, -0.2) is 0 Å². The molecule has 0 spiro atoms. The van der Waals surface area contributed by atoms with Crippen LogP contribution in [0.25, 0.3) is 0 Å². The summed E-state index contributed by atoms with van der Waals surface area (Å²) < 4.78 is 0. The molecule has 2 aliphatic rings. The Morgan fingerprint density at radius 3 is 2.75 bits per heavy atom. The number of hydrogen-bond acceptors (Lipinski definition) is 3. The molecule has 3 atom stereocenters. The Morgan fingerprint density at radius 2 is 2.10 bits per heavy atom. The van der Waals surface area contributed by atoms with Crippen molar-refractivity contribution < 1.29 is 4.79 Å². The monoisotopic (exact) mass is 281 g/mol. The molecule has 1 amide bonds. The summed E-state index contributed by atoms with van der Waals surface area (Å²) in [6, 6.07) is 0.932. The molecule has 4 heteroatoms. The third-order valence-electron chi connectivity index (χ3n) is 4.91. The summed E-state index contributed by atoms with van der Waals surface area (Å²) >= 11 is 0. The average Bonchev–Trinajstić information content (AvgIpc) is 2.84. The summed E-state index contributed by atoms with van der Waals surface area (Å²) in [5, 5.41) is 3.72. The maximum Gasteiger partial charge on any atom is 0.222 e. The molecule has 20 heavy (non-hydrogen) atoms. The van der Waals surface area contributed by atoms with E-state index in [4.69, 9.17) is 0 Å². The largest absolute Gasteiger partial charge is 0.341 e. The van der Waals surface area contributed by atoms with Gasteiger partial charge in [-0.2, -0.15) is 0 Å². The van der Waals surface area contributed by atoms with Crippen molar-refractivity contribution in [2.75, 3.05) is 32.7 Å². The van der Waals surface area contributed by atoms with Gasteiger partial charge >= 0.3 is 0 Å². The molecule has 3 unspecified atom stereocenters. The number of likely N-dealkylation sites (tertiary alicyclic amines) is 2. The van der Waals surface area contributed by atoms with Crippen LogP contribution in [0.5, 0.6) is 0 Å². The molecule has 0 saturated carbocycles. The number of carbonyl (C=O) groups excluding carboxylic acids is 1. The van der Waals surface area contributed by atoms with Gasteiger partial charge in [0.25, 0.3) is 0 Å². The molecule has 0 bridgehead atoms. The predicted octanol–water partition coefficient (Wildman–Crippen LogP) is 1.71. The van der Waals surface area contributed by atoms with Gasteiger partial charge in [0.2, 0.25) is 5.91 Å². The van der Waals surface area contributed by atoms with Crippen LogP contribution < -0.4 is 5.32 Å². The van der Waals surface area contributed by atoms with Gasteiger partial charge in [-0.1, -0.05) is 6.92 Å². The molecule has 0 aromatic heterocycles. The molecule has 2 saturated heterocycles.